The molecule has 0 radical (unpaired) electrons. The first-order chi connectivity index (χ1) is 9.83. The molecule has 1 N–H and O–H groups in total. The van der Waals surface area contributed by atoms with Gasteiger partial charge in [0.1, 0.15) is 0 Å². The van der Waals surface area contributed by atoms with Gasteiger partial charge < -0.3 is 10.2 Å². The quantitative estimate of drug-likeness (QED) is 0.921. The van der Waals surface area contributed by atoms with Gasteiger partial charge in [-0.25, -0.2) is 0 Å². The maximum absolute atomic E-state index is 3.42. The van der Waals surface area contributed by atoms with E-state index < -0.39 is 0 Å². The van der Waals surface area contributed by atoms with Crippen LogP contribution in [0.4, 0.5) is 5.69 Å². The molecule has 0 amide bonds. The van der Waals surface area contributed by atoms with Crippen molar-refractivity contribution in [1.82, 2.24) is 5.32 Å². The highest BCUT2D eigenvalue weighted by Crippen LogP contribution is 2.36. The number of hydrogen-bond acceptors (Lipinski definition) is 3. The molecule has 21 heavy (non-hydrogen) atoms. The SMILES string of the molecule is Cc1ccc(Sc2ccccc2)c(N2CCNCC2)c1.Cl. The largest absolute Gasteiger partial charge is 0.368 e. The Morgan fingerprint density at radius 1 is 1.00 bits per heavy atom. The van der Waals surface area contributed by atoms with Crippen molar-refractivity contribution in [3.8, 4) is 0 Å². The minimum atomic E-state index is 0. The third-order valence-corrected chi connectivity index (χ3v) is 4.62. The highest BCUT2D eigenvalue weighted by Gasteiger charge is 2.15. The molecule has 1 heterocycles. The van der Waals surface area contributed by atoms with Gasteiger partial charge in [0.05, 0.1) is 5.69 Å². The van der Waals surface area contributed by atoms with E-state index in [0.29, 0.717) is 0 Å². The number of rotatable bonds is 3. The van der Waals surface area contributed by atoms with Crippen molar-refractivity contribution >= 4 is 29.9 Å². The molecule has 1 aliphatic rings. The Morgan fingerprint density at radius 3 is 2.43 bits per heavy atom. The molecular formula is C17H21ClN2S. The Labute approximate surface area is 137 Å². The number of benzene rings is 2. The molecule has 2 aromatic rings. The molecule has 4 heteroatoms. The van der Waals surface area contributed by atoms with Crippen molar-refractivity contribution < 1.29 is 0 Å². The molecule has 0 spiro atoms. The maximum atomic E-state index is 3.42. The zero-order valence-corrected chi connectivity index (χ0v) is 13.8. The number of piperazine rings is 1. The van der Waals surface area contributed by atoms with Crippen molar-refractivity contribution in [3.63, 3.8) is 0 Å². The Morgan fingerprint density at radius 2 is 1.71 bits per heavy atom. The summed E-state index contributed by atoms with van der Waals surface area (Å²) in [5, 5.41) is 3.42. The van der Waals surface area contributed by atoms with E-state index in [2.05, 4.69) is 65.7 Å². The van der Waals surface area contributed by atoms with Crippen LogP contribution in [0.1, 0.15) is 5.56 Å². The number of anilines is 1. The summed E-state index contributed by atoms with van der Waals surface area (Å²) < 4.78 is 0. The van der Waals surface area contributed by atoms with Gasteiger partial charge in [0.25, 0.3) is 0 Å². The van der Waals surface area contributed by atoms with Crippen molar-refractivity contribution in [3.05, 3.63) is 54.1 Å². The fourth-order valence-corrected chi connectivity index (χ4v) is 3.46. The molecule has 0 atom stereocenters. The Bertz CT molecular complexity index is 568. The minimum Gasteiger partial charge on any atom is -0.368 e. The summed E-state index contributed by atoms with van der Waals surface area (Å²) in [4.78, 5) is 5.14. The molecule has 0 unspecified atom stereocenters. The summed E-state index contributed by atoms with van der Waals surface area (Å²) in [6.45, 7) is 6.49. The second kappa shape index (κ2) is 7.74. The number of halogens is 1. The lowest BCUT2D eigenvalue weighted by Gasteiger charge is -2.31. The molecule has 112 valence electrons. The van der Waals surface area contributed by atoms with Crippen molar-refractivity contribution in [2.45, 2.75) is 16.7 Å². The molecule has 0 aromatic heterocycles. The molecule has 1 saturated heterocycles. The molecule has 0 bridgehead atoms. The minimum absolute atomic E-state index is 0. The highest BCUT2D eigenvalue weighted by atomic mass is 35.5. The molecule has 1 fully saturated rings. The van der Waals surface area contributed by atoms with Crippen LogP contribution in [0.25, 0.3) is 0 Å². The van der Waals surface area contributed by atoms with Gasteiger partial charge in [0.2, 0.25) is 0 Å². The maximum Gasteiger partial charge on any atom is 0.0511 e. The average molecular weight is 321 g/mol. The van der Waals surface area contributed by atoms with Crippen molar-refractivity contribution in [2.24, 2.45) is 0 Å². The normalized spacial score (nSPS) is 14.6. The van der Waals surface area contributed by atoms with Gasteiger partial charge in [-0.15, -0.1) is 12.4 Å². The lowest BCUT2D eigenvalue weighted by molar-refractivity contribution is 0.587. The van der Waals surface area contributed by atoms with Crippen LogP contribution in [0.3, 0.4) is 0 Å². The summed E-state index contributed by atoms with van der Waals surface area (Å²) in [7, 11) is 0. The van der Waals surface area contributed by atoms with Gasteiger partial charge in [-0.1, -0.05) is 36.0 Å². The van der Waals surface area contributed by atoms with Crippen LogP contribution < -0.4 is 10.2 Å². The van der Waals surface area contributed by atoms with E-state index in [9.17, 15) is 0 Å². The third kappa shape index (κ3) is 4.16. The van der Waals surface area contributed by atoms with Crippen molar-refractivity contribution in [2.75, 3.05) is 31.1 Å². The molecule has 3 rings (SSSR count). The van der Waals surface area contributed by atoms with Gasteiger partial charge in [-0.3, -0.25) is 0 Å². The summed E-state index contributed by atoms with van der Waals surface area (Å²) in [6.07, 6.45) is 0. The summed E-state index contributed by atoms with van der Waals surface area (Å²) >= 11 is 1.85. The van der Waals surface area contributed by atoms with E-state index in [0.717, 1.165) is 26.2 Å². The van der Waals surface area contributed by atoms with Crippen LogP contribution in [-0.2, 0) is 0 Å². The van der Waals surface area contributed by atoms with E-state index in [4.69, 9.17) is 0 Å². The highest BCUT2D eigenvalue weighted by molar-refractivity contribution is 7.99. The number of hydrogen-bond donors (Lipinski definition) is 1. The van der Waals surface area contributed by atoms with Gasteiger partial charge in [-0.05, 0) is 36.8 Å². The van der Waals surface area contributed by atoms with Crippen LogP contribution >= 0.6 is 24.2 Å². The number of nitrogens with zero attached hydrogens (tertiary/aromatic N) is 1. The molecule has 0 aliphatic carbocycles. The van der Waals surface area contributed by atoms with Crippen LogP contribution in [0.15, 0.2) is 58.3 Å². The average Bonchev–Trinajstić information content (AvgIpc) is 2.51. The van der Waals surface area contributed by atoms with Crippen LogP contribution in [-0.4, -0.2) is 26.2 Å². The topological polar surface area (TPSA) is 15.3 Å². The van der Waals surface area contributed by atoms with Gasteiger partial charge in [0, 0.05) is 36.0 Å². The monoisotopic (exact) mass is 320 g/mol. The van der Waals surface area contributed by atoms with Crippen LogP contribution in [0.2, 0.25) is 0 Å². The Hall–Kier alpha value is -1.16. The van der Waals surface area contributed by atoms with Crippen molar-refractivity contribution in [1.29, 1.82) is 0 Å². The van der Waals surface area contributed by atoms with E-state index >= 15 is 0 Å². The van der Waals surface area contributed by atoms with E-state index in [1.807, 2.05) is 11.8 Å². The van der Waals surface area contributed by atoms with Crippen LogP contribution in [0.5, 0.6) is 0 Å². The number of nitrogens with one attached hydrogen (secondary N) is 1. The molecule has 2 aromatic carbocycles. The standard InChI is InChI=1S/C17H20N2S.ClH/c1-14-7-8-17(20-15-5-3-2-4-6-15)16(13-14)19-11-9-18-10-12-19;/h2-8,13,18H,9-12H2,1H3;1H. The Kier molecular flexibility index (Phi) is 5.97. The lowest BCUT2D eigenvalue weighted by atomic mass is 10.2. The predicted octanol–water partition coefficient (Wildman–Crippen LogP) is 3.98. The summed E-state index contributed by atoms with van der Waals surface area (Å²) in [6, 6.07) is 17.4. The van der Waals surface area contributed by atoms with Gasteiger partial charge >= 0.3 is 0 Å². The third-order valence-electron chi connectivity index (χ3n) is 3.54. The zero-order chi connectivity index (χ0) is 13.8. The van der Waals surface area contributed by atoms with E-state index in [-0.39, 0.29) is 12.4 Å². The second-order valence-corrected chi connectivity index (χ2v) is 6.24. The number of aryl methyl sites for hydroxylation is 1. The van der Waals surface area contributed by atoms with Crippen LogP contribution in [0, 0.1) is 6.92 Å². The predicted molar refractivity (Wildman–Crippen MR) is 94.1 cm³/mol. The first-order valence-corrected chi connectivity index (χ1v) is 7.94. The van der Waals surface area contributed by atoms with Gasteiger partial charge in [-0.2, -0.15) is 0 Å². The molecule has 2 nitrogen and oxygen atoms in total. The molecule has 0 saturated carbocycles. The summed E-state index contributed by atoms with van der Waals surface area (Å²) in [5.74, 6) is 0. The van der Waals surface area contributed by atoms with Gasteiger partial charge in [0.15, 0.2) is 0 Å². The zero-order valence-electron chi connectivity index (χ0n) is 12.2. The molecular weight excluding hydrogens is 300 g/mol. The first-order valence-electron chi connectivity index (χ1n) is 7.12. The van der Waals surface area contributed by atoms with E-state index in [1.54, 1.807) is 0 Å². The lowest BCUT2D eigenvalue weighted by Crippen LogP contribution is -2.43. The fourth-order valence-electron chi connectivity index (χ4n) is 2.48. The smallest absolute Gasteiger partial charge is 0.0511 e. The molecule has 1 aliphatic heterocycles. The van der Waals surface area contributed by atoms with E-state index in [1.165, 1.54) is 21.0 Å². The Balaban J connectivity index is 0.00000161. The first kappa shape index (κ1) is 16.2. The summed E-state index contributed by atoms with van der Waals surface area (Å²) in [5.41, 5.74) is 2.70. The fraction of sp³-hybridized carbons (Fsp3) is 0.294. The second-order valence-electron chi connectivity index (χ2n) is 5.12.